The maximum Gasteiger partial charge on any atom is 0.423 e. The molecule has 0 aromatic heterocycles. The zero-order valence-corrected chi connectivity index (χ0v) is 10.4. The van der Waals surface area contributed by atoms with Crippen molar-refractivity contribution in [3.05, 3.63) is 39.9 Å². The Labute approximate surface area is 111 Å². The molecule has 1 atom stereocenters. The Kier molecular flexibility index (Phi) is 4.66. The normalized spacial score (nSPS) is 15.9. The van der Waals surface area contributed by atoms with Crippen molar-refractivity contribution in [1.82, 2.24) is 0 Å². The van der Waals surface area contributed by atoms with Crippen LogP contribution in [-0.4, -0.2) is 28.6 Å². The van der Waals surface area contributed by atoms with E-state index in [0.717, 1.165) is 6.08 Å². The minimum Gasteiger partial charge on any atom is -0.393 e. The van der Waals surface area contributed by atoms with E-state index in [9.17, 15) is 18.3 Å². The number of hydrogen-bond acceptors (Lipinski definition) is 2. The molecule has 1 unspecified atom stereocenters. The van der Waals surface area contributed by atoms with Crippen LogP contribution >= 0.6 is 23.2 Å². The zero-order valence-electron chi connectivity index (χ0n) is 8.88. The summed E-state index contributed by atoms with van der Waals surface area (Å²) >= 11 is 11.3. The van der Waals surface area contributed by atoms with E-state index in [4.69, 9.17) is 28.3 Å². The molecule has 0 spiro atoms. The van der Waals surface area contributed by atoms with E-state index in [-0.39, 0.29) is 10.0 Å². The summed E-state index contributed by atoms with van der Waals surface area (Å²) in [4.78, 5) is 0. The van der Waals surface area contributed by atoms with Crippen molar-refractivity contribution in [3.63, 3.8) is 0 Å². The molecule has 0 aliphatic carbocycles. The fourth-order valence-electron chi connectivity index (χ4n) is 1.09. The first kappa shape index (κ1) is 15.3. The molecule has 0 amide bonds. The minimum atomic E-state index is -4.96. The average Bonchev–Trinajstić information content (AvgIpc) is 2.28. The fraction of sp³-hybridized carbons (Fsp3) is 0.273. The zero-order chi connectivity index (χ0) is 14.0. The summed E-state index contributed by atoms with van der Waals surface area (Å²) in [6.07, 6.45) is -3.49. The minimum absolute atomic E-state index is 0.179. The maximum atomic E-state index is 12.4. The molecule has 2 nitrogen and oxygen atoms in total. The molecule has 100 valence electrons. The molecule has 7 heteroatoms. The van der Waals surface area contributed by atoms with Gasteiger partial charge in [-0.2, -0.15) is 13.2 Å². The van der Waals surface area contributed by atoms with Gasteiger partial charge in [-0.1, -0.05) is 35.3 Å². The predicted molar refractivity (Wildman–Crippen MR) is 63.6 cm³/mol. The highest BCUT2D eigenvalue weighted by molar-refractivity contribution is 6.42. The van der Waals surface area contributed by atoms with Gasteiger partial charge in [-0.25, -0.2) is 0 Å². The molecule has 0 bridgehead atoms. The molecule has 1 aromatic rings. The lowest BCUT2D eigenvalue weighted by atomic mass is 10.0. The average molecular weight is 301 g/mol. The smallest absolute Gasteiger partial charge is 0.393 e. The summed E-state index contributed by atoms with van der Waals surface area (Å²) in [6, 6.07) is 4.18. The standard InChI is InChI=1S/C11H9Cl2F3O2/c12-8-2-1-7(5-9(8)13)3-4-10(18,6-17)11(14,15)16/h1-5,17-18H,6H2/b4-3+. The number of benzene rings is 1. The van der Waals surface area contributed by atoms with Gasteiger partial charge < -0.3 is 10.2 Å². The summed E-state index contributed by atoms with van der Waals surface area (Å²) in [5.41, 5.74) is -2.96. The fourth-order valence-corrected chi connectivity index (χ4v) is 1.39. The number of aliphatic hydroxyl groups is 2. The van der Waals surface area contributed by atoms with Gasteiger partial charge in [-0.3, -0.25) is 0 Å². The van der Waals surface area contributed by atoms with Gasteiger partial charge in [0.15, 0.2) is 0 Å². The predicted octanol–water partition coefficient (Wildman–Crippen LogP) is 3.29. The summed E-state index contributed by atoms with van der Waals surface area (Å²) in [5, 5.41) is 18.3. The third kappa shape index (κ3) is 3.38. The van der Waals surface area contributed by atoms with Gasteiger partial charge in [0.05, 0.1) is 16.7 Å². The Balaban J connectivity index is 3.01. The van der Waals surface area contributed by atoms with Gasteiger partial charge in [0.25, 0.3) is 0 Å². The van der Waals surface area contributed by atoms with Crippen LogP contribution < -0.4 is 0 Å². The van der Waals surface area contributed by atoms with Crippen LogP contribution in [0.2, 0.25) is 10.0 Å². The van der Waals surface area contributed by atoms with Gasteiger partial charge >= 0.3 is 6.18 Å². The number of halogens is 5. The molecule has 0 aliphatic heterocycles. The first-order valence-electron chi connectivity index (χ1n) is 4.74. The molecule has 2 N–H and O–H groups in total. The summed E-state index contributed by atoms with van der Waals surface area (Å²) in [7, 11) is 0. The molecule has 0 aliphatic rings. The Morgan fingerprint density at radius 1 is 1.17 bits per heavy atom. The van der Waals surface area contributed by atoms with Crippen LogP contribution in [0.4, 0.5) is 13.2 Å². The molecular weight excluding hydrogens is 292 g/mol. The van der Waals surface area contributed by atoms with Gasteiger partial charge in [0, 0.05) is 0 Å². The monoisotopic (exact) mass is 300 g/mol. The Hall–Kier alpha value is -0.750. The van der Waals surface area contributed by atoms with E-state index < -0.39 is 18.4 Å². The van der Waals surface area contributed by atoms with E-state index in [0.29, 0.717) is 11.6 Å². The van der Waals surface area contributed by atoms with Crippen molar-refractivity contribution >= 4 is 29.3 Å². The summed E-state index contributed by atoms with van der Waals surface area (Å²) < 4.78 is 37.3. The Morgan fingerprint density at radius 3 is 2.22 bits per heavy atom. The second-order valence-corrected chi connectivity index (χ2v) is 4.40. The van der Waals surface area contributed by atoms with Crippen molar-refractivity contribution in [3.8, 4) is 0 Å². The first-order chi connectivity index (χ1) is 8.19. The molecule has 18 heavy (non-hydrogen) atoms. The first-order valence-corrected chi connectivity index (χ1v) is 5.49. The largest absolute Gasteiger partial charge is 0.423 e. The highest BCUT2D eigenvalue weighted by Gasteiger charge is 2.51. The quantitative estimate of drug-likeness (QED) is 0.899. The van der Waals surface area contributed by atoms with E-state index in [1.807, 2.05) is 0 Å². The lowest BCUT2D eigenvalue weighted by molar-refractivity contribution is -0.249. The van der Waals surface area contributed by atoms with Crippen molar-refractivity contribution in [1.29, 1.82) is 0 Å². The third-order valence-electron chi connectivity index (χ3n) is 2.23. The lowest BCUT2D eigenvalue weighted by Crippen LogP contribution is -2.46. The topological polar surface area (TPSA) is 40.5 Å². The van der Waals surface area contributed by atoms with Crippen LogP contribution in [0.3, 0.4) is 0 Å². The van der Waals surface area contributed by atoms with Crippen LogP contribution in [0.1, 0.15) is 5.56 Å². The van der Waals surface area contributed by atoms with Gasteiger partial charge in [0.2, 0.25) is 5.60 Å². The molecule has 0 saturated carbocycles. The third-order valence-corrected chi connectivity index (χ3v) is 2.97. The van der Waals surface area contributed by atoms with Crippen LogP contribution in [0.25, 0.3) is 6.08 Å². The highest BCUT2D eigenvalue weighted by atomic mass is 35.5. The van der Waals surface area contributed by atoms with E-state index in [2.05, 4.69) is 0 Å². The van der Waals surface area contributed by atoms with Gasteiger partial charge in [-0.05, 0) is 23.8 Å². The number of alkyl halides is 3. The number of rotatable bonds is 3. The van der Waals surface area contributed by atoms with Crippen molar-refractivity contribution in [2.24, 2.45) is 0 Å². The Morgan fingerprint density at radius 2 is 1.78 bits per heavy atom. The van der Waals surface area contributed by atoms with E-state index in [1.54, 1.807) is 0 Å². The molecule has 1 aromatic carbocycles. The molecule has 0 fully saturated rings. The summed E-state index contributed by atoms with van der Waals surface area (Å²) in [5.74, 6) is 0. The van der Waals surface area contributed by atoms with Crippen molar-refractivity contribution < 1.29 is 23.4 Å². The number of aliphatic hydroxyl groups excluding tert-OH is 1. The molecule has 1 rings (SSSR count). The Bertz CT molecular complexity index is 460. The van der Waals surface area contributed by atoms with Crippen molar-refractivity contribution in [2.75, 3.05) is 6.61 Å². The van der Waals surface area contributed by atoms with Gasteiger partial charge in [-0.15, -0.1) is 0 Å². The van der Waals surface area contributed by atoms with Crippen molar-refractivity contribution in [2.45, 2.75) is 11.8 Å². The van der Waals surface area contributed by atoms with Crippen LogP contribution in [0, 0.1) is 0 Å². The van der Waals surface area contributed by atoms with E-state index in [1.165, 1.54) is 18.2 Å². The van der Waals surface area contributed by atoms with Gasteiger partial charge in [0.1, 0.15) is 0 Å². The second kappa shape index (κ2) is 5.48. The lowest BCUT2D eigenvalue weighted by Gasteiger charge is -2.24. The summed E-state index contributed by atoms with van der Waals surface area (Å²) in [6.45, 7) is -1.46. The number of hydrogen-bond donors (Lipinski definition) is 2. The molecule has 0 saturated heterocycles. The molecular formula is C11H9Cl2F3O2. The van der Waals surface area contributed by atoms with Crippen LogP contribution in [-0.2, 0) is 0 Å². The van der Waals surface area contributed by atoms with E-state index >= 15 is 0 Å². The molecule has 0 heterocycles. The highest BCUT2D eigenvalue weighted by Crippen LogP contribution is 2.32. The maximum absolute atomic E-state index is 12.4. The van der Waals surface area contributed by atoms with Crippen LogP contribution in [0.5, 0.6) is 0 Å². The second-order valence-electron chi connectivity index (χ2n) is 3.59. The molecule has 0 radical (unpaired) electrons. The van der Waals surface area contributed by atoms with Crippen LogP contribution in [0.15, 0.2) is 24.3 Å². The SMILES string of the molecule is OCC(O)(/C=C/c1ccc(Cl)c(Cl)c1)C(F)(F)F.